The highest BCUT2D eigenvalue weighted by atomic mass is 16.5. The first-order valence-electron chi connectivity index (χ1n) is 15.5. The van der Waals surface area contributed by atoms with Crippen LogP contribution in [0.5, 0.6) is 5.75 Å². The number of aryl methyl sites for hydroxylation is 4. The van der Waals surface area contributed by atoms with Crippen LogP contribution in [0.3, 0.4) is 0 Å². The molecule has 43 heavy (non-hydrogen) atoms. The topological polar surface area (TPSA) is 33.3 Å². The lowest BCUT2D eigenvalue weighted by Gasteiger charge is -2.24. The third kappa shape index (κ3) is 7.48. The molecule has 0 radical (unpaired) electrons. The highest BCUT2D eigenvalue weighted by Gasteiger charge is 2.21. The minimum Gasteiger partial charge on any atom is -0.497 e. The molecule has 5 aromatic rings. The molecule has 0 heterocycles. The first kappa shape index (κ1) is 30.0. The lowest BCUT2D eigenvalue weighted by Crippen LogP contribution is -2.09. The zero-order valence-electron chi connectivity index (χ0n) is 26.2. The Morgan fingerprint density at radius 2 is 0.953 bits per heavy atom. The van der Waals surface area contributed by atoms with Crippen LogP contribution in [0.15, 0.2) is 109 Å². The third-order valence-electron chi connectivity index (χ3n) is 8.47. The standard InChI is InChI=1S/C40H44N2O/c1-6-30-8-12-32(13-9-30)26-41-35-18-22-38(28(3)24-35)40(34-16-20-37(43-5)21-17-34)39-23-19-36(25-29(39)4)42-27-33-14-10-31(7-2)11-15-33/h8-25,40-42H,6-7,26-27H2,1-5H3. The zero-order valence-corrected chi connectivity index (χ0v) is 26.2. The van der Waals surface area contributed by atoms with Gasteiger partial charge >= 0.3 is 0 Å². The van der Waals surface area contributed by atoms with Crippen molar-refractivity contribution in [1.29, 1.82) is 0 Å². The number of methoxy groups -OCH3 is 1. The fraction of sp³-hybridized carbons (Fsp3) is 0.250. The van der Waals surface area contributed by atoms with Crippen molar-refractivity contribution in [2.45, 2.75) is 59.5 Å². The summed E-state index contributed by atoms with van der Waals surface area (Å²) in [6.45, 7) is 10.4. The average molecular weight is 569 g/mol. The summed E-state index contributed by atoms with van der Waals surface area (Å²) in [6, 6.07) is 39.8. The molecule has 0 aliphatic rings. The largest absolute Gasteiger partial charge is 0.497 e. The maximum atomic E-state index is 5.48. The molecule has 2 N–H and O–H groups in total. The van der Waals surface area contributed by atoms with E-state index in [0.29, 0.717) is 0 Å². The van der Waals surface area contributed by atoms with Crippen molar-refractivity contribution in [3.05, 3.63) is 159 Å². The molecule has 0 aliphatic heterocycles. The number of nitrogens with one attached hydrogen (secondary N) is 2. The van der Waals surface area contributed by atoms with E-state index in [1.54, 1.807) is 7.11 Å². The number of benzene rings is 5. The molecule has 0 spiro atoms. The molecule has 0 aliphatic carbocycles. The van der Waals surface area contributed by atoms with Gasteiger partial charge in [0, 0.05) is 30.4 Å². The van der Waals surface area contributed by atoms with E-state index >= 15 is 0 Å². The van der Waals surface area contributed by atoms with E-state index in [-0.39, 0.29) is 5.92 Å². The monoisotopic (exact) mass is 568 g/mol. The van der Waals surface area contributed by atoms with Crippen LogP contribution >= 0.6 is 0 Å². The summed E-state index contributed by atoms with van der Waals surface area (Å²) in [5.41, 5.74) is 14.0. The number of hydrogen-bond acceptors (Lipinski definition) is 3. The lowest BCUT2D eigenvalue weighted by atomic mass is 9.81. The lowest BCUT2D eigenvalue weighted by molar-refractivity contribution is 0.414. The van der Waals surface area contributed by atoms with Crippen molar-refractivity contribution in [1.82, 2.24) is 0 Å². The van der Waals surface area contributed by atoms with E-state index in [4.69, 9.17) is 4.74 Å². The Kier molecular flexibility index (Phi) is 9.84. The molecule has 5 rings (SSSR count). The van der Waals surface area contributed by atoms with Gasteiger partial charge in [0.1, 0.15) is 5.75 Å². The molecule has 0 bridgehead atoms. The van der Waals surface area contributed by atoms with Gasteiger partial charge in [-0.3, -0.25) is 0 Å². The Hall–Kier alpha value is -4.50. The average Bonchev–Trinajstić information content (AvgIpc) is 3.05. The number of hydrogen-bond donors (Lipinski definition) is 2. The molecule has 0 saturated carbocycles. The smallest absolute Gasteiger partial charge is 0.118 e. The second-order valence-corrected chi connectivity index (χ2v) is 11.4. The van der Waals surface area contributed by atoms with Crippen LogP contribution in [0.25, 0.3) is 0 Å². The van der Waals surface area contributed by atoms with E-state index in [2.05, 4.69) is 148 Å². The van der Waals surface area contributed by atoms with Crippen LogP contribution in [-0.2, 0) is 25.9 Å². The zero-order chi connectivity index (χ0) is 30.2. The summed E-state index contributed by atoms with van der Waals surface area (Å²) in [6.07, 6.45) is 2.13. The molecule has 0 saturated heterocycles. The number of rotatable bonds is 12. The maximum Gasteiger partial charge on any atom is 0.118 e. The van der Waals surface area contributed by atoms with E-state index in [0.717, 1.165) is 43.1 Å². The van der Waals surface area contributed by atoms with Crippen LogP contribution in [0.4, 0.5) is 11.4 Å². The Balaban J connectivity index is 1.39. The normalized spacial score (nSPS) is 11.0. The van der Waals surface area contributed by atoms with Gasteiger partial charge in [0.15, 0.2) is 0 Å². The van der Waals surface area contributed by atoms with Crippen molar-refractivity contribution in [2.24, 2.45) is 0 Å². The minimum atomic E-state index is 0.109. The molecule has 0 aromatic heterocycles. The molecule has 5 aromatic carbocycles. The second-order valence-electron chi connectivity index (χ2n) is 11.4. The quantitative estimate of drug-likeness (QED) is 0.147. The molecule has 3 nitrogen and oxygen atoms in total. The second kappa shape index (κ2) is 14.1. The van der Waals surface area contributed by atoms with Crippen molar-refractivity contribution in [3.8, 4) is 5.75 Å². The number of ether oxygens (including phenoxy) is 1. The van der Waals surface area contributed by atoms with Crippen molar-refractivity contribution in [2.75, 3.05) is 17.7 Å². The van der Waals surface area contributed by atoms with Gasteiger partial charge < -0.3 is 15.4 Å². The van der Waals surface area contributed by atoms with Crippen molar-refractivity contribution < 1.29 is 4.74 Å². The molecule has 0 atom stereocenters. The molecule has 220 valence electrons. The summed E-state index contributed by atoms with van der Waals surface area (Å²) in [5, 5.41) is 7.26. The van der Waals surface area contributed by atoms with E-state index < -0.39 is 0 Å². The van der Waals surface area contributed by atoms with Crippen LogP contribution in [0.1, 0.15) is 69.8 Å². The van der Waals surface area contributed by atoms with Gasteiger partial charge in [-0.1, -0.05) is 86.6 Å². The van der Waals surface area contributed by atoms with Gasteiger partial charge in [-0.2, -0.15) is 0 Å². The summed E-state index contributed by atoms with van der Waals surface area (Å²) in [4.78, 5) is 0. The van der Waals surface area contributed by atoms with Crippen LogP contribution < -0.4 is 15.4 Å². The van der Waals surface area contributed by atoms with Gasteiger partial charge in [-0.25, -0.2) is 0 Å². The Bertz CT molecular complexity index is 1520. The molecule has 0 amide bonds. The van der Waals surface area contributed by atoms with Gasteiger partial charge in [0.05, 0.1) is 7.11 Å². The Morgan fingerprint density at radius 1 is 0.535 bits per heavy atom. The minimum absolute atomic E-state index is 0.109. The predicted molar refractivity (Wildman–Crippen MR) is 183 cm³/mol. The molecule has 3 heteroatoms. The summed E-state index contributed by atoms with van der Waals surface area (Å²) < 4.78 is 5.48. The van der Waals surface area contributed by atoms with Gasteiger partial charge in [-0.05, 0) is 113 Å². The van der Waals surface area contributed by atoms with E-state index in [9.17, 15) is 0 Å². The molecule has 0 unspecified atom stereocenters. The van der Waals surface area contributed by atoms with Gasteiger partial charge in [0.2, 0.25) is 0 Å². The van der Waals surface area contributed by atoms with E-state index in [1.165, 1.54) is 50.1 Å². The Labute approximate surface area is 258 Å². The maximum absolute atomic E-state index is 5.48. The molecular weight excluding hydrogens is 524 g/mol. The summed E-state index contributed by atoms with van der Waals surface area (Å²) in [5.74, 6) is 0.978. The highest BCUT2D eigenvalue weighted by molar-refractivity contribution is 5.58. The first-order chi connectivity index (χ1) is 21.0. The fourth-order valence-corrected chi connectivity index (χ4v) is 5.74. The van der Waals surface area contributed by atoms with Gasteiger partial charge in [-0.15, -0.1) is 0 Å². The van der Waals surface area contributed by atoms with Crippen LogP contribution in [-0.4, -0.2) is 7.11 Å². The third-order valence-corrected chi connectivity index (χ3v) is 8.47. The predicted octanol–water partition coefficient (Wildman–Crippen LogP) is 9.84. The van der Waals surface area contributed by atoms with Crippen molar-refractivity contribution in [3.63, 3.8) is 0 Å². The molecule has 0 fully saturated rings. The van der Waals surface area contributed by atoms with Crippen LogP contribution in [0, 0.1) is 13.8 Å². The number of anilines is 2. The Morgan fingerprint density at radius 3 is 1.33 bits per heavy atom. The first-order valence-corrected chi connectivity index (χ1v) is 15.5. The molecular formula is C40H44N2O. The van der Waals surface area contributed by atoms with Crippen LogP contribution in [0.2, 0.25) is 0 Å². The summed E-state index contributed by atoms with van der Waals surface area (Å²) >= 11 is 0. The van der Waals surface area contributed by atoms with Crippen molar-refractivity contribution >= 4 is 11.4 Å². The fourth-order valence-electron chi connectivity index (χ4n) is 5.74. The SMILES string of the molecule is CCc1ccc(CNc2ccc(C(c3ccc(OC)cc3)c3ccc(NCc4ccc(CC)cc4)cc3C)c(C)c2)cc1. The highest BCUT2D eigenvalue weighted by Crippen LogP contribution is 2.38. The summed E-state index contributed by atoms with van der Waals surface area (Å²) in [7, 11) is 1.72. The van der Waals surface area contributed by atoms with Gasteiger partial charge in [0.25, 0.3) is 0 Å². The van der Waals surface area contributed by atoms with E-state index in [1.807, 2.05) is 0 Å².